The molecule has 0 aliphatic rings. The van der Waals surface area contributed by atoms with E-state index in [0.717, 1.165) is 17.7 Å². The van der Waals surface area contributed by atoms with Gasteiger partial charge in [-0.2, -0.15) is 13.2 Å². The van der Waals surface area contributed by atoms with Crippen LogP contribution in [0.2, 0.25) is 5.02 Å². The van der Waals surface area contributed by atoms with Crippen LogP contribution >= 0.6 is 11.6 Å². The Hall–Kier alpha value is -3.57. The van der Waals surface area contributed by atoms with Gasteiger partial charge in [0.05, 0.1) is 16.1 Å². The number of anilines is 1. The van der Waals surface area contributed by atoms with Crippen LogP contribution in [0, 0.1) is 12.8 Å². The second-order valence-electron chi connectivity index (χ2n) is 10.3. The lowest BCUT2D eigenvalue weighted by atomic mass is 10.1. The lowest BCUT2D eigenvalue weighted by molar-refractivity contribution is -0.139. The topological polar surface area (TPSA) is 86.8 Å². The number of amides is 2. The molecule has 0 aromatic heterocycles. The third-order valence-electron chi connectivity index (χ3n) is 6.44. The Morgan fingerprint density at radius 2 is 1.60 bits per heavy atom. The maximum atomic E-state index is 13.9. The summed E-state index contributed by atoms with van der Waals surface area (Å²) in [5.74, 6) is -1.13. The minimum atomic E-state index is -4.75. The van der Waals surface area contributed by atoms with Gasteiger partial charge in [-0.3, -0.25) is 13.9 Å². The molecule has 0 fully saturated rings. The van der Waals surface area contributed by atoms with Gasteiger partial charge in [0.1, 0.15) is 12.6 Å². The summed E-state index contributed by atoms with van der Waals surface area (Å²) in [4.78, 5) is 27.9. The fraction of sp³-hybridized carbons (Fsp3) is 0.333. The van der Waals surface area contributed by atoms with Crippen LogP contribution < -0.4 is 9.62 Å². The molecular weight excluding hydrogens is 591 g/mol. The molecule has 1 N–H and O–H groups in total. The second-order valence-corrected chi connectivity index (χ2v) is 12.6. The summed E-state index contributed by atoms with van der Waals surface area (Å²) in [7, 11) is -4.51. The van der Waals surface area contributed by atoms with Crippen LogP contribution in [-0.2, 0) is 32.3 Å². The maximum absolute atomic E-state index is 13.9. The van der Waals surface area contributed by atoms with E-state index < -0.39 is 46.2 Å². The highest BCUT2D eigenvalue weighted by Crippen LogP contribution is 2.33. The van der Waals surface area contributed by atoms with Crippen LogP contribution in [0.5, 0.6) is 0 Å². The Labute approximate surface area is 249 Å². The summed E-state index contributed by atoms with van der Waals surface area (Å²) in [6.07, 6.45) is -4.75. The fourth-order valence-corrected chi connectivity index (χ4v) is 5.69. The normalized spacial score (nSPS) is 12.6. The fourth-order valence-electron chi connectivity index (χ4n) is 4.07. The molecule has 7 nitrogen and oxygen atoms in total. The summed E-state index contributed by atoms with van der Waals surface area (Å²) >= 11 is 6.13. The monoisotopic (exact) mass is 623 g/mol. The van der Waals surface area contributed by atoms with Crippen molar-refractivity contribution in [1.29, 1.82) is 0 Å². The molecule has 0 aliphatic heterocycles. The molecule has 0 unspecified atom stereocenters. The minimum Gasteiger partial charge on any atom is -0.354 e. The van der Waals surface area contributed by atoms with Crippen LogP contribution in [0.25, 0.3) is 0 Å². The summed E-state index contributed by atoms with van der Waals surface area (Å²) in [6, 6.07) is 15.1. The Bertz CT molecular complexity index is 1510. The smallest absolute Gasteiger partial charge is 0.354 e. The third-order valence-corrected chi connectivity index (χ3v) is 8.47. The molecule has 3 aromatic rings. The molecule has 0 spiro atoms. The lowest BCUT2D eigenvalue weighted by Gasteiger charge is -2.32. The number of halogens is 4. The number of nitrogens with one attached hydrogen (secondary N) is 1. The summed E-state index contributed by atoms with van der Waals surface area (Å²) in [5.41, 5.74) is -0.0805. The number of rotatable bonds is 11. The lowest BCUT2D eigenvalue weighted by Crippen LogP contribution is -2.51. The number of carbonyl (C=O) groups excluding carboxylic acids is 2. The number of benzene rings is 3. The van der Waals surface area contributed by atoms with Gasteiger partial charge in [-0.1, -0.05) is 61.3 Å². The number of hydrogen-bond acceptors (Lipinski definition) is 4. The number of aryl methyl sites for hydroxylation is 1. The number of hydrogen-bond donors (Lipinski definition) is 1. The van der Waals surface area contributed by atoms with Gasteiger partial charge in [0.2, 0.25) is 11.8 Å². The first-order valence-electron chi connectivity index (χ1n) is 13.2. The Balaban J connectivity index is 2.08. The molecule has 0 saturated carbocycles. The highest BCUT2D eigenvalue weighted by Gasteiger charge is 2.35. The molecule has 3 aromatic carbocycles. The largest absolute Gasteiger partial charge is 0.416 e. The average Bonchev–Trinajstić information content (AvgIpc) is 2.92. The van der Waals surface area contributed by atoms with Crippen molar-refractivity contribution in [2.24, 2.45) is 5.92 Å². The van der Waals surface area contributed by atoms with Gasteiger partial charge in [0, 0.05) is 18.1 Å². The molecule has 0 saturated heterocycles. The molecule has 0 heterocycles. The van der Waals surface area contributed by atoms with Crippen LogP contribution in [0.15, 0.2) is 77.7 Å². The van der Waals surface area contributed by atoms with Gasteiger partial charge in [0.25, 0.3) is 10.0 Å². The van der Waals surface area contributed by atoms with Crippen molar-refractivity contribution in [3.8, 4) is 0 Å². The zero-order chi connectivity index (χ0) is 31.2. The molecule has 0 bridgehead atoms. The van der Waals surface area contributed by atoms with E-state index >= 15 is 0 Å². The molecular formula is C30H33ClF3N3O4S. The third kappa shape index (κ3) is 8.48. The van der Waals surface area contributed by atoms with Crippen molar-refractivity contribution in [2.75, 3.05) is 17.4 Å². The highest BCUT2D eigenvalue weighted by molar-refractivity contribution is 7.92. The van der Waals surface area contributed by atoms with E-state index in [0.29, 0.717) is 27.5 Å². The van der Waals surface area contributed by atoms with Crippen molar-refractivity contribution in [2.45, 2.75) is 51.4 Å². The SMILES string of the molecule is Cc1ccc(S(=O)(=O)N(CC(=O)N(Cc2cccc(Cl)c2)[C@@H](C)C(=O)NCC(C)C)c2cccc(C(F)(F)F)c2)cc1. The van der Waals surface area contributed by atoms with E-state index in [1.165, 1.54) is 30.0 Å². The molecule has 226 valence electrons. The summed E-state index contributed by atoms with van der Waals surface area (Å²) < 4.78 is 69.0. The van der Waals surface area contributed by atoms with Gasteiger partial charge in [-0.25, -0.2) is 8.42 Å². The predicted molar refractivity (Wildman–Crippen MR) is 156 cm³/mol. The first-order valence-corrected chi connectivity index (χ1v) is 15.0. The first kappa shape index (κ1) is 32.9. The zero-order valence-corrected chi connectivity index (χ0v) is 25.2. The molecule has 12 heteroatoms. The number of alkyl halides is 3. The molecule has 1 atom stereocenters. The van der Waals surface area contributed by atoms with E-state index in [9.17, 15) is 31.2 Å². The van der Waals surface area contributed by atoms with Crippen molar-refractivity contribution >= 4 is 39.1 Å². The minimum absolute atomic E-state index is 0.101. The van der Waals surface area contributed by atoms with Crippen LogP contribution in [-0.4, -0.2) is 44.3 Å². The summed E-state index contributed by atoms with van der Waals surface area (Å²) in [6.45, 7) is 6.45. The number of sulfonamides is 1. The van der Waals surface area contributed by atoms with Crippen molar-refractivity contribution in [3.63, 3.8) is 0 Å². The van der Waals surface area contributed by atoms with Gasteiger partial charge in [0.15, 0.2) is 0 Å². The van der Waals surface area contributed by atoms with Gasteiger partial charge in [-0.05, 0) is 67.8 Å². The van der Waals surface area contributed by atoms with Gasteiger partial charge in [-0.15, -0.1) is 0 Å². The van der Waals surface area contributed by atoms with Crippen molar-refractivity contribution in [1.82, 2.24) is 10.2 Å². The molecule has 0 aliphatic carbocycles. The molecule has 0 radical (unpaired) electrons. The van der Waals surface area contributed by atoms with E-state index in [4.69, 9.17) is 11.6 Å². The maximum Gasteiger partial charge on any atom is 0.416 e. The van der Waals surface area contributed by atoms with E-state index in [1.54, 1.807) is 43.3 Å². The average molecular weight is 624 g/mol. The Morgan fingerprint density at radius 3 is 2.19 bits per heavy atom. The molecule has 3 rings (SSSR count). The zero-order valence-electron chi connectivity index (χ0n) is 23.7. The van der Waals surface area contributed by atoms with E-state index in [2.05, 4.69) is 5.32 Å². The second kappa shape index (κ2) is 13.6. The molecule has 42 heavy (non-hydrogen) atoms. The molecule has 2 amide bonds. The quantitative estimate of drug-likeness (QED) is 0.282. The standard InChI is InChI=1S/C30H33ClF3N3O4S/c1-20(2)17-35-29(39)22(4)36(18-23-7-5-9-25(31)15-23)28(38)19-37(26-10-6-8-24(16-26)30(32,33)34)42(40,41)27-13-11-21(3)12-14-27/h5-16,20,22H,17-19H2,1-4H3,(H,35,39)/t22-/m0/s1. The van der Waals surface area contributed by atoms with Crippen LogP contribution in [0.1, 0.15) is 37.5 Å². The predicted octanol–water partition coefficient (Wildman–Crippen LogP) is 6.05. The number of carbonyl (C=O) groups is 2. The van der Waals surface area contributed by atoms with Gasteiger partial charge >= 0.3 is 6.18 Å². The highest BCUT2D eigenvalue weighted by atomic mass is 35.5. The Kier molecular flexibility index (Phi) is 10.7. The van der Waals surface area contributed by atoms with Gasteiger partial charge < -0.3 is 10.2 Å². The van der Waals surface area contributed by atoms with Crippen LogP contribution in [0.4, 0.5) is 18.9 Å². The Morgan fingerprint density at radius 1 is 0.952 bits per heavy atom. The van der Waals surface area contributed by atoms with E-state index in [-0.39, 0.29) is 23.0 Å². The number of nitrogens with zero attached hydrogens (tertiary/aromatic N) is 2. The first-order chi connectivity index (χ1) is 19.6. The van der Waals surface area contributed by atoms with Crippen molar-refractivity contribution < 1.29 is 31.2 Å². The van der Waals surface area contributed by atoms with Crippen LogP contribution in [0.3, 0.4) is 0 Å². The van der Waals surface area contributed by atoms with Crippen molar-refractivity contribution in [3.05, 3.63) is 94.5 Å². The summed E-state index contributed by atoms with van der Waals surface area (Å²) in [5, 5.41) is 3.16. The van der Waals surface area contributed by atoms with E-state index in [1.807, 2.05) is 13.8 Å².